The quantitative estimate of drug-likeness (QED) is 0.552. The number of nitrogens with zero attached hydrogens (tertiary/aromatic N) is 1. The first-order valence-corrected chi connectivity index (χ1v) is 9.80. The number of likely N-dealkylation sites (N-methyl/N-ethyl adjacent to an activating group) is 1. The van der Waals surface area contributed by atoms with Crippen molar-refractivity contribution < 1.29 is 19.7 Å². The molecule has 1 aliphatic rings. The number of aliphatic hydroxyl groups excluding tert-OH is 1. The van der Waals surface area contributed by atoms with Crippen molar-refractivity contribution in [3.63, 3.8) is 0 Å². The maximum Gasteiger partial charge on any atom is 0.197 e. The van der Waals surface area contributed by atoms with E-state index in [9.17, 15) is 20.1 Å². The van der Waals surface area contributed by atoms with E-state index in [2.05, 4.69) is 0 Å². The van der Waals surface area contributed by atoms with Crippen LogP contribution in [0.5, 0.6) is 11.5 Å². The number of β-amino-alcohol motifs (C(OH)–C–C–N with tert-alkyl or cyclic N) is 1. The Morgan fingerprint density at radius 3 is 2.69 bits per heavy atom. The summed E-state index contributed by atoms with van der Waals surface area (Å²) >= 11 is 6.35. The van der Waals surface area contributed by atoms with Gasteiger partial charge in [0.05, 0.1) is 11.1 Å². The Kier molecular flexibility index (Phi) is 5.06. The summed E-state index contributed by atoms with van der Waals surface area (Å²) in [6.07, 6.45) is -0.173. The molecule has 6 nitrogen and oxygen atoms in total. The number of aromatic hydroxyl groups is 2. The summed E-state index contributed by atoms with van der Waals surface area (Å²) in [6, 6.07) is 7.79. The zero-order valence-electron chi connectivity index (χ0n) is 16.1. The molecule has 8 heteroatoms. The zero-order chi connectivity index (χ0) is 20.9. The monoisotopic (exact) mass is 413 g/mol. The van der Waals surface area contributed by atoms with Crippen LogP contribution < -0.4 is 10.9 Å². The van der Waals surface area contributed by atoms with Crippen molar-refractivity contribution in [1.82, 2.24) is 4.90 Å². The van der Waals surface area contributed by atoms with E-state index in [0.29, 0.717) is 29.1 Å². The predicted octanol–water partition coefficient (Wildman–Crippen LogP) is 1.56. The van der Waals surface area contributed by atoms with Gasteiger partial charge in [-0.2, -0.15) is 0 Å². The maximum atomic E-state index is 12.9. The van der Waals surface area contributed by atoms with Gasteiger partial charge in [0.2, 0.25) is 0 Å². The largest absolute Gasteiger partial charge is 0.507 e. The highest BCUT2D eigenvalue weighted by Gasteiger charge is 2.33. The third-order valence-electron chi connectivity index (χ3n) is 5.62. The molecule has 0 radical (unpaired) electrons. The lowest BCUT2D eigenvalue weighted by Gasteiger charge is -2.34. The number of fused-ring (bicyclic) bond motifs is 1. The van der Waals surface area contributed by atoms with Crippen LogP contribution in [-0.4, -0.2) is 54.3 Å². The molecule has 29 heavy (non-hydrogen) atoms. The second kappa shape index (κ2) is 7.41. The molecule has 1 aliphatic heterocycles. The molecule has 0 aliphatic carbocycles. The van der Waals surface area contributed by atoms with Gasteiger partial charge >= 0.3 is 0 Å². The number of aliphatic hydroxyl groups is 1. The highest BCUT2D eigenvalue weighted by atomic mass is 35.5. The normalized spacial score (nSPS) is 20.2. The van der Waals surface area contributed by atoms with Gasteiger partial charge in [-0.15, -0.1) is 0 Å². The van der Waals surface area contributed by atoms with E-state index in [1.165, 1.54) is 6.07 Å². The fourth-order valence-electron chi connectivity index (χ4n) is 4.17. The molecule has 3 aromatic rings. The third kappa shape index (κ3) is 3.39. The lowest BCUT2D eigenvalue weighted by atomic mass is 9.85. The third-order valence-corrected chi connectivity index (χ3v) is 5.94. The molecule has 0 spiro atoms. The number of phenolic OH excluding ortho intramolecular Hbond substituents is 2. The van der Waals surface area contributed by atoms with Crippen molar-refractivity contribution in [2.24, 2.45) is 0 Å². The predicted molar refractivity (Wildman–Crippen MR) is 115 cm³/mol. The average Bonchev–Trinajstić information content (AvgIpc) is 2.62. The standard InChI is InChI=1S/C21H21BClNO5/c1-24-6-5-10(16(28)9-24)18-13(25)7-14(26)20-15(27)8-17(29-21(18)20)19-11(22)3-2-4-12(19)23/h2-4,7-8,10,16,25-26,28H,5-6,9,22H2,1H3/t10-,16+/m0/s1. The molecule has 2 heterocycles. The highest BCUT2D eigenvalue weighted by Crippen LogP contribution is 2.42. The van der Waals surface area contributed by atoms with Gasteiger partial charge in [0.1, 0.15) is 36.1 Å². The van der Waals surface area contributed by atoms with Crippen molar-refractivity contribution in [2.45, 2.75) is 18.4 Å². The van der Waals surface area contributed by atoms with Gasteiger partial charge in [-0.3, -0.25) is 4.79 Å². The summed E-state index contributed by atoms with van der Waals surface area (Å²) < 4.78 is 6.08. The molecular weight excluding hydrogens is 392 g/mol. The Bertz CT molecular complexity index is 1140. The summed E-state index contributed by atoms with van der Waals surface area (Å²) in [4.78, 5) is 14.9. The molecule has 3 N–H and O–H groups in total. The van der Waals surface area contributed by atoms with Crippen LogP contribution in [-0.2, 0) is 0 Å². The number of benzene rings is 2. The van der Waals surface area contributed by atoms with Crippen LogP contribution in [0.3, 0.4) is 0 Å². The zero-order valence-corrected chi connectivity index (χ0v) is 16.9. The minimum atomic E-state index is -0.747. The minimum absolute atomic E-state index is 0.0163. The van der Waals surface area contributed by atoms with Crippen LogP contribution in [0.2, 0.25) is 5.02 Å². The van der Waals surface area contributed by atoms with E-state index in [4.69, 9.17) is 16.0 Å². The van der Waals surface area contributed by atoms with Gasteiger partial charge in [-0.05, 0) is 26.1 Å². The second-order valence-electron chi connectivity index (χ2n) is 7.66. The molecule has 0 unspecified atom stereocenters. The molecule has 1 aromatic heterocycles. The lowest BCUT2D eigenvalue weighted by Crippen LogP contribution is -2.40. The van der Waals surface area contributed by atoms with Crippen molar-refractivity contribution in [2.75, 3.05) is 20.1 Å². The van der Waals surface area contributed by atoms with Gasteiger partial charge < -0.3 is 24.6 Å². The van der Waals surface area contributed by atoms with Crippen LogP contribution in [0, 0.1) is 0 Å². The van der Waals surface area contributed by atoms with E-state index in [1.54, 1.807) is 12.1 Å². The average molecular weight is 414 g/mol. The summed E-state index contributed by atoms with van der Waals surface area (Å²) in [7, 11) is 3.76. The SMILES string of the molecule is Bc1cccc(Cl)c1-c1cc(=O)c2c(O)cc(O)c([C@H]3CCN(C)C[C@H]3O)c2o1. The Labute approximate surface area is 173 Å². The van der Waals surface area contributed by atoms with Crippen LogP contribution in [0.4, 0.5) is 0 Å². The highest BCUT2D eigenvalue weighted by molar-refractivity contribution is 6.41. The first kappa shape index (κ1) is 19.8. The molecule has 0 amide bonds. The second-order valence-corrected chi connectivity index (χ2v) is 8.07. The summed E-state index contributed by atoms with van der Waals surface area (Å²) in [6.45, 7) is 1.15. The number of phenols is 2. The summed E-state index contributed by atoms with van der Waals surface area (Å²) in [5.41, 5.74) is 1.37. The Balaban J connectivity index is 2.02. The smallest absolute Gasteiger partial charge is 0.197 e. The van der Waals surface area contributed by atoms with Crippen molar-refractivity contribution in [3.8, 4) is 22.8 Å². The van der Waals surface area contributed by atoms with Crippen molar-refractivity contribution in [3.05, 3.63) is 51.1 Å². The molecular formula is C21H21BClNO5. The van der Waals surface area contributed by atoms with E-state index < -0.39 is 17.5 Å². The fourth-order valence-corrected chi connectivity index (χ4v) is 4.49. The number of rotatable bonds is 2. The van der Waals surface area contributed by atoms with E-state index >= 15 is 0 Å². The Morgan fingerprint density at radius 2 is 2.00 bits per heavy atom. The first-order valence-electron chi connectivity index (χ1n) is 9.42. The Hall–Kier alpha value is -2.48. The number of piperidine rings is 1. The van der Waals surface area contributed by atoms with Crippen LogP contribution in [0.25, 0.3) is 22.3 Å². The summed E-state index contributed by atoms with van der Waals surface area (Å²) in [5, 5.41) is 32.0. The van der Waals surface area contributed by atoms with E-state index in [-0.39, 0.29) is 28.2 Å². The first-order chi connectivity index (χ1) is 13.8. The van der Waals surface area contributed by atoms with Gasteiger partial charge in [0.25, 0.3) is 0 Å². The minimum Gasteiger partial charge on any atom is -0.507 e. The van der Waals surface area contributed by atoms with E-state index in [0.717, 1.165) is 18.1 Å². The molecule has 0 bridgehead atoms. The van der Waals surface area contributed by atoms with Crippen LogP contribution in [0.1, 0.15) is 17.9 Å². The molecule has 1 saturated heterocycles. The molecule has 2 atom stereocenters. The van der Waals surface area contributed by atoms with Crippen LogP contribution in [0.15, 0.2) is 39.5 Å². The van der Waals surface area contributed by atoms with Gasteiger partial charge in [0, 0.05) is 35.7 Å². The van der Waals surface area contributed by atoms with Crippen LogP contribution >= 0.6 is 11.6 Å². The Morgan fingerprint density at radius 1 is 1.24 bits per heavy atom. The molecule has 4 rings (SSSR count). The maximum absolute atomic E-state index is 12.9. The topological polar surface area (TPSA) is 94.1 Å². The molecule has 0 saturated carbocycles. The number of halogens is 1. The lowest BCUT2D eigenvalue weighted by molar-refractivity contribution is 0.0630. The molecule has 150 valence electrons. The number of hydrogen-bond acceptors (Lipinski definition) is 6. The number of hydrogen-bond donors (Lipinski definition) is 3. The van der Waals surface area contributed by atoms with Gasteiger partial charge in [-0.25, -0.2) is 0 Å². The summed E-state index contributed by atoms with van der Waals surface area (Å²) in [5.74, 6) is -0.751. The van der Waals surface area contributed by atoms with Crippen molar-refractivity contribution >= 4 is 35.9 Å². The fraction of sp³-hybridized carbons (Fsp3) is 0.286. The van der Waals surface area contributed by atoms with Gasteiger partial charge in [-0.1, -0.05) is 29.2 Å². The number of likely N-dealkylation sites (tertiary alicyclic amines) is 1. The van der Waals surface area contributed by atoms with Crippen molar-refractivity contribution in [1.29, 1.82) is 0 Å². The molecule has 1 fully saturated rings. The van der Waals surface area contributed by atoms with E-state index in [1.807, 2.05) is 25.9 Å². The van der Waals surface area contributed by atoms with Gasteiger partial charge in [0.15, 0.2) is 5.43 Å². The molecule has 2 aromatic carbocycles.